The molecule has 0 amide bonds. The Hall–Kier alpha value is -2.69. The molecule has 2 atom stereocenters. The molecule has 0 saturated carbocycles. The maximum absolute atomic E-state index is 12.3. The number of nitro groups is 1. The summed E-state index contributed by atoms with van der Waals surface area (Å²) in [5.41, 5.74) is 0.399. The molecule has 0 N–H and O–H groups in total. The second kappa shape index (κ2) is 5.26. The lowest BCUT2D eigenvalue weighted by Gasteiger charge is -2.46. The number of carbonyl (C=O) groups is 1. The summed E-state index contributed by atoms with van der Waals surface area (Å²) in [5.74, 6) is -0.329. The number of para-hydroxylation sites is 1. The largest absolute Gasteiger partial charge is 0.455 e. The third kappa shape index (κ3) is 1.89. The molecular formula is C17H15NO4. The van der Waals surface area contributed by atoms with Crippen LogP contribution in [0, 0.1) is 10.1 Å². The number of cyclic esters (lactones) is 1. The summed E-state index contributed by atoms with van der Waals surface area (Å²) in [4.78, 5) is 23.1. The number of ether oxygens (including phenoxy) is 1. The van der Waals surface area contributed by atoms with Gasteiger partial charge in [0.2, 0.25) is 0 Å². The van der Waals surface area contributed by atoms with Gasteiger partial charge in [-0.05, 0) is 18.1 Å². The van der Waals surface area contributed by atoms with Gasteiger partial charge in [0.05, 0.1) is 10.5 Å². The average molecular weight is 297 g/mol. The lowest BCUT2D eigenvalue weighted by molar-refractivity contribution is -0.386. The van der Waals surface area contributed by atoms with Crippen molar-refractivity contribution in [3.05, 3.63) is 75.8 Å². The fraction of sp³-hybridized carbons (Fsp3) is 0.235. The average Bonchev–Trinajstić information content (AvgIpc) is 2.54. The first kappa shape index (κ1) is 14.3. The molecule has 1 aliphatic heterocycles. The van der Waals surface area contributed by atoms with Gasteiger partial charge in [0.1, 0.15) is 5.41 Å². The molecule has 2 aromatic rings. The predicted octanol–water partition coefficient (Wildman–Crippen LogP) is 3.54. The summed E-state index contributed by atoms with van der Waals surface area (Å²) in [6.07, 6.45) is -0.110. The third-order valence-corrected chi connectivity index (χ3v) is 4.30. The van der Waals surface area contributed by atoms with Crippen LogP contribution in [-0.2, 0) is 14.9 Å². The summed E-state index contributed by atoms with van der Waals surface area (Å²) in [5, 5.41) is 11.2. The van der Waals surface area contributed by atoms with Crippen molar-refractivity contribution < 1.29 is 14.5 Å². The van der Waals surface area contributed by atoms with Gasteiger partial charge >= 0.3 is 5.97 Å². The lowest BCUT2D eigenvalue weighted by Crippen LogP contribution is -2.54. The Morgan fingerprint density at radius 1 is 1.14 bits per heavy atom. The smallest absolute Gasteiger partial charge is 0.321 e. The van der Waals surface area contributed by atoms with Gasteiger partial charge in [-0.3, -0.25) is 14.9 Å². The predicted molar refractivity (Wildman–Crippen MR) is 80.3 cm³/mol. The van der Waals surface area contributed by atoms with E-state index in [0.29, 0.717) is 12.0 Å². The molecule has 0 spiro atoms. The molecule has 112 valence electrons. The Balaban J connectivity index is 2.13. The Morgan fingerprint density at radius 2 is 1.77 bits per heavy atom. The van der Waals surface area contributed by atoms with Gasteiger partial charge in [0.15, 0.2) is 6.10 Å². The van der Waals surface area contributed by atoms with Crippen molar-refractivity contribution in [2.75, 3.05) is 0 Å². The van der Waals surface area contributed by atoms with Crippen molar-refractivity contribution in [2.24, 2.45) is 0 Å². The number of hydrogen-bond acceptors (Lipinski definition) is 4. The van der Waals surface area contributed by atoms with E-state index in [1.54, 1.807) is 18.2 Å². The van der Waals surface area contributed by atoms with Crippen LogP contribution in [-0.4, -0.2) is 10.9 Å². The Labute approximate surface area is 127 Å². The standard InChI is InChI=1S/C17H15NO4/c1-2-17(12-8-4-3-5-9-12)15(22-16(17)19)13-10-6-7-11-14(13)18(20)21/h3-11,15H,2H2,1H3. The molecular weight excluding hydrogens is 282 g/mol. The van der Waals surface area contributed by atoms with E-state index in [-0.39, 0.29) is 11.7 Å². The molecule has 1 saturated heterocycles. The lowest BCUT2D eigenvalue weighted by atomic mass is 9.67. The number of nitrogens with zero attached hydrogens (tertiary/aromatic N) is 1. The first-order valence-corrected chi connectivity index (χ1v) is 7.11. The van der Waals surface area contributed by atoms with E-state index in [4.69, 9.17) is 4.74 Å². The van der Waals surface area contributed by atoms with Crippen LogP contribution in [0.4, 0.5) is 5.69 Å². The highest BCUT2D eigenvalue weighted by Crippen LogP contribution is 2.53. The van der Waals surface area contributed by atoms with Crippen molar-refractivity contribution >= 4 is 11.7 Å². The van der Waals surface area contributed by atoms with Crippen LogP contribution in [0.3, 0.4) is 0 Å². The first-order chi connectivity index (χ1) is 10.6. The highest BCUT2D eigenvalue weighted by Gasteiger charge is 2.59. The number of carbonyl (C=O) groups excluding carboxylic acids is 1. The highest BCUT2D eigenvalue weighted by molar-refractivity contribution is 5.90. The Kier molecular flexibility index (Phi) is 3.41. The summed E-state index contributed by atoms with van der Waals surface area (Å²) < 4.78 is 5.33. The first-order valence-electron chi connectivity index (χ1n) is 7.11. The molecule has 22 heavy (non-hydrogen) atoms. The van der Waals surface area contributed by atoms with Crippen LogP contribution in [0.15, 0.2) is 54.6 Å². The molecule has 1 aliphatic rings. The zero-order chi connectivity index (χ0) is 15.7. The molecule has 5 heteroatoms. The fourth-order valence-corrected chi connectivity index (χ4v) is 3.10. The maximum atomic E-state index is 12.3. The quantitative estimate of drug-likeness (QED) is 0.491. The Morgan fingerprint density at radius 3 is 2.36 bits per heavy atom. The SMILES string of the molecule is CCC1(c2ccccc2)C(=O)OC1c1ccccc1[N+](=O)[O-]. The van der Waals surface area contributed by atoms with Crippen LogP contribution in [0.25, 0.3) is 0 Å². The molecule has 0 aliphatic carbocycles. The normalized spacial score (nSPS) is 23.5. The summed E-state index contributed by atoms with van der Waals surface area (Å²) in [6.45, 7) is 1.90. The number of esters is 1. The molecule has 2 aromatic carbocycles. The van der Waals surface area contributed by atoms with Gasteiger partial charge in [0.25, 0.3) is 5.69 Å². The molecule has 0 radical (unpaired) electrons. The monoisotopic (exact) mass is 297 g/mol. The van der Waals surface area contributed by atoms with E-state index < -0.39 is 16.4 Å². The van der Waals surface area contributed by atoms with Crippen LogP contribution >= 0.6 is 0 Å². The van der Waals surface area contributed by atoms with Crippen molar-refractivity contribution in [3.63, 3.8) is 0 Å². The van der Waals surface area contributed by atoms with Crippen LogP contribution in [0.2, 0.25) is 0 Å². The second-order valence-electron chi connectivity index (χ2n) is 5.29. The van der Waals surface area contributed by atoms with Crippen molar-refractivity contribution in [2.45, 2.75) is 24.9 Å². The molecule has 0 aromatic heterocycles. The van der Waals surface area contributed by atoms with Crippen LogP contribution in [0.5, 0.6) is 0 Å². The number of benzene rings is 2. The van der Waals surface area contributed by atoms with Gasteiger partial charge in [-0.15, -0.1) is 0 Å². The summed E-state index contributed by atoms with van der Waals surface area (Å²) in [7, 11) is 0. The van der Waals surface area contributed by atoms with E-state index in [0.717, 1.165) is 5.56 Å². The van der Waals surface area contributed by atoms with Crippen molar-refractivity contribution in [1.82, 2.24) is 0 Å². The van der Waals surface area contributed by atoms with Gasteiger partial charge in [-0.1, -0.05) is 49.4 Å². The fourth-order valence-electron chi connectivity index (χ4n) is 3.10. The van der Waals surface area contributed by atoms with Gasteiger partial charge in [-0.2, -0.15) is 0 Å². The molecule has 1 heterocycles. The van der Waals surface area contributed by atoms with E-state index in [1.165, 1.54) is 6.07 Å². The summed E-state index contributed by atoms with van der Waals surface area (Å²) >= 11 is 0. The minimum atomic E-state index is -0.854. The topological polar surface area (TPSA) is 69.4 Å². The Bertz CT molecular complexity index is 728. The second-order valence-corrected chi connectivity index (χ2v) is 5.29. The molecule has 3 rings (SSSR count). The zero-order valence-electron chi connectivity index (χ0n) is 12.1. The molecule has 5 nitrogen and oxygen atoms in total. The number of hydrogen-bond donors (Lipinski definition) is 0. The van der Waals surface area contributed by atoms with E-state index >= 15 is 0 Å². The van der Waals surface area contributed by atoms with Crippen molar-refractivity contribution in [3.8, 4) is 0 Å². The molecule has 0 bridgehead atoms. The van der Waals surface area contributed by atoms with E-state index in [1.807, 2.05) is 37.3 Å². The van der Waals surface area contributed by atoms with E-state index in [2.05, 4.69) is 0 Å². The number of nitro benzene ring substituents is 1. The van der Waals surface area contributed by atoms with Gasteiger partial charge in [0, 0.05) is 6.07 Å². The van der Waals surface area contributed by atoms with Gasteiger partial charge in [-0.25, -0.2) is 0 Å². The van der Waals surface area contributed by atoms with Crippen LogP contribution in [0.1, 0.15) is 30.6 Å². The minimum absolute atomic E-state index is 0.0197. The summed E-state index contributed by atoms with van der Waals surface area (Å²) in [6, 6.07) is 15.7. The van der Waals surface area contributed by atoms with E-state index in [9.17, 15) is 14.9 Å². The van der Waals surface area contributed by atoms with Crippen molar-refractivity contribution in [1.29, 1.82) is 0 Å². The van der Waals surface area contributed by atoms with Crippen LogP contribution < -0.4 is 0 Å². The highest BCUT2D eigenvalue weighted by atomic mass is 16.6. The molecule has 1 fully saturated rings. The molecule has 2 unspecified atom stereocenters. The van der Waals surface area contributed by atoms with Gasteiger partial charge < -0.3 is 4.74 Å². The zero-order valence-corrected chi connectivity index (χ0v) is 12.1. The maximum Gasteiger partial charge on any atom is 0.321 e. The minimum Gasteiger partial charge on any atom is -0.455 e. The number of rotatable bonds is 4. The third-order valence-electron chi connectivity index (χ3n) is 4.30.